The second-order valence-electron chi connectivity index (χ2n) is 5.38. The van der Waals surface area contributed by atoms with Gasteiger partial charge in [-0.1, -0.05) is 26.7 Å². The molecule has 1 atom stereocenters. The maximum atomic E-state index is 10.5. The molecule has 1 unspecified atom stereocenters. The van der Waals surface area contributed by atoms with Gasteiger partial charge in [0.05, 0.1) is 18.8 Å². The number of rotatable bonds is 7. The lowest BCUT2D eigenvalue weighted by Crippen LogP contribution is -2.56. The van der Waals surface area contributed by atoms with Gasteiger partial charge in [0.25, 0.3) is 0 Å². The maximum Gasteiger partial charge on any atom is 0.0956 e. The normalized spacial score (nSPS) is 21.4. The van der Waals surface area contributed by atoms with Gasteiger partial charge in [-0.15, -0.1) is 0 Å². The Hall–Kier alpha value is -0.120. The third-order valence-electron chi connectivity index (χ3n) is 4.07. The molecule has 1 saturated carbocycles. The zero-order chi connectivity index (χ0) is 12.9. The van der Waals surface area contributed by atoms with Crippen LogP contribution in [0.4, 0.5) is 0 Å². The molecule has 0 bridgehead atoms. The highest BCUT2D eigenvalue weighted by Crippen LogP contribution is 2.38. The summed E-state index contributed by atoms with van der Waals surface area (Å²) in [4.78, 5) is 2.42. The summed E-state index contributed by atoms with van der Waals surface area (Å²) >= 11 is 0. The fraction of sp³-hybridized carbons (Fsp3) is 1.00. The van der Waals surface area contributed by atoms with E-state index in [0.29, 0.717) is 6.61 Å². The van der Waals surface area contributed by atoms with E-state index in [-0.39, 0.29) is 17.7 Å². The average molecular weight is 243 g/mol. The van der Waals surface area contributed by atoms with Gasteiger partial charge in [-0.2, -0.15) is 0 Å². The number of hydrogen-bond donors (Lipinski definition) is 1. The molecule has 3 nitrogen and oxygen atoms in total. The van der Waals surface area contributed by atoms with Crippen LogP contribution in [0.5, 0.6) is 0 Å². The number of ether oxygens (including phenoxy) is 1. The molecule has 1 aliphatic carbocycles. The Morgan fingerprint density at radius 2 is 1.71 bits per heavy atom. The molecule has 3 heteroatoms. The van der Waals surface area contributed by atoms with Crippen molar-refractivity contribution in [3.05, 3.63) is 0 Å². The number of likely N-dealkylation sites (N-methyl/N-ethyl adjacent to an activating group) is 1. The van der Waals surface area contributed by atoms with Crippen LogP contribution in [0.2, 0.25) is 0 Å². The Morgan fingerprint density at radius 1 is 1.18 bits per heavy atom. The molecule has 102 valence electrons. The molecule has 1 rings (SSSR count). The minimum absolute atomic E-state index is 0.0294. The number of aliphatic hydroxyl groups is 1. The van der Waals surface area contributed by atoms with Crippen molar-refractivity contribution in [2.24, 2.45) is 0 Å². The van der Waals surface area contributed by atoms with Gasteiger partial charge in [-0.05, 0) is 39.8 Å². The fourth-order valence-electron chi connectivity index (χ4n) is 3.14. The second kappa shape index (κ2) is 6.72. The molecule has 1 aliphatic rings. The third kappa shape index (κ3) is 3.43. The van der Waals surface area contributed by atoms with Crippen molar-refractivity contribution in [2.45, 2.75) is 71.1 Å². The number of aliphatic hydroxyl groups excluding tert-OH is 1. The van der Waals surface area contributed by atoms with Crippen LogP contribution in [0.1, 0.15) is 53.4 Å². The van der Waals surface area contributed by atoms with Crippen molar-refractivity contribution >= 4 is 0 Å². The maximum absolute atomic E-state index is 10.5. The Kier molecular flexibility index (Phi) is 5.90. The molecular weight excluding hydrogens is 214 g/mol. The molecule has 0 aromatic carbocycles. The Labute approximate surface area is 106 Å². The Morgan fingerprint density at radius 3 is 2.12 bits per heavy atom. The van der Waals surface area contributed by atoms with Crippen molar-refractivity contribution < 1.29 is 9.84 Å². The molecule has 0 aliphatic heterocycles. The molecule has 17 heavy (non-hydrogen) atoms. The van der Waals surface area contributed by atoms with Crippen LogP contribution >= 0.6 is 0 Å². The van der Waals surface area contributed by atoms with Crippen LogP contribution in [0.3, 0.4) is 0 Å². The standard InChI is InChI=1S/C14H29NO2/c1-5-15(6-2)14(9-7-8-10-14)13(16)11-17-12(3)4/h12-13,16H,5-11H2,1-4H3. The summed E-state index contributed by atoms with van der Waals surface area (Å²) in [5.74, 6) is 0. The monoisotopic (exact) mass is 243 g/mol. The third-order valence-corrected chi connectivity index (χ3v) is 4.07. The van der Waals surface area contributed by atoms with Gasteiger partial charge in [-0.3, -0.25) is 4.90 Å². The zero-order valence-corrected chi connectivity index (χ0v) is 11.9. The van der Waals surface area contributed by atoms with Gasteiger partial charge < -0.3 is 9.84 Å². The minimum atomic E-state index is -0.354. The molecule has 0 spiro atoms. The lowest BCUT2D eigenvalue weighted by atomic mass is 9.88. The summed E-state index contributed by atoms with van der Waals surface area (Å²) in [6, 6.07) is 0. The Bertz CT molecular complexity index is 208. The molecule has 0 heterocycles. The zero-order valence-electron chi connectivity index (χ0n) is 11.9. The second-order valence-corrected chi connectivity index (χ2v) is 5.38. The van der Waals surface area contributed by atoms with Crippen molar-refractivity contribution in [3.8, 4) is 0 Å². The van der Waals surface area contributed by atoms with E-state index in [1.165, 1.54) is 12.8 Å². The largest absolute Gasteiger partial charge is 0.389 e. The molecule has 1 N–H and O–H groups in total. The first kappa shape index (κ1) is 14.9. The summed E-state index contributed by atoms with van der Waals surface area (Å²) in [6.45, 7) is 10.9. The summed E-state index contributed by atoms with van der Waals surface area (Å²) in [7, 11) is 0. The van der Waals surface area contributed by atoms with E-state index in [1.807, 2.05) is 13.8 Å². The summed E-state index contributed by atoms with van der Waals surface area (Å²) < 4.78 is 5.60. The van der Waals surface area contributed by atoms with E-state index in [0.717, 1.165) is 25.9 Å². The van der Waals surface area contributed by atoms with E-state index in [1.54, 1.807) is 0 Å². The molecule has 0 saturated heterocycles. The van der Waals surface area contributed by atoms with Crippen LogP contribution in [-0.4, -0.2) is 47.4 Å². The van der Waals surface area contributed by atoms with Crippen LogP contribution in [0, 0.1) is 0 Å². The summed E-state index contributed by atoms with van der Waals surface area (Å²) in [5.41, 5.74) is -0.0294. The van der Waals surface area contributed by atoms with Gasteiger partial charge in [-0.25, -0.2) is 0 Å². The van der Waals surface area contributed by atoms with Gasteiger partial charge in [0, 0.05) is 5.54 Å². The fourth-order valence-corrected chi connectivity index (χ4v) is 3.14. The van der Waals surface area contributed by atoms with E-state index in [9.17, 15) is 5.11 Å². The molecule has 0 aromatic heterocycles. The van der Waals surface area contributed by atoms with Crippen molar-refractivity contribution in [2.75, 3.05) is 19.7 Å². The highest BCUT2D eigenvalue weighted by Gasteiger charge is 2.44. The van der Waals surface area contributed by atoms with E-state index in [4.69, 9.17) is 4.74 Å². The van der Waals surface area contributed by atoms with E-state index < -0.39 is 0 Å². The molecule has 1 fully saturated rings. The highest BCUT2D eigenvalue weighted by atomic mass is 16.5. The molecular formula is C14H29NO2. The van der Waals surface area contributed by atoms with Crippen LogP contribution in [-0.2, 0) is 4.74 Å². The summed E-state index contributed by atoms with van der Waals surface area (Å²) in [6.07, 6.45) is 4.52. The van der Waals surface area contributed by atoms with E-state index >= 15 is 0 Å². The molecule has 0 amide bonds. The van der Waals surface area contributed by atoms with Crippen molar-refractivity contribution in [1.82, 2.24) is 4.90 Å². The first-order valence-electron chi connectivity index (χ1n) is 7.11. The first-order valence-corrected chi connectivity index (χ1v) is 7.11. The quantitative estimate of drug-likeness (QED) is 0.745. The highest BCUT2D eigenvalue weighted by molar-refractivity contribution is 5.00. The lowest BCUT2D eigenvalue weighted by Gasteiger charge is -2.44. The Balaban J connectivity index is 2.69. The van der Waals surface area contributed by atoms with Gasteiger partial charge in [0.15, 0.2) is 0 Å². The topological polar surface area (TPSA) is 32.7 Å². The molecule has 0 radical (unpaired) electrons. The predicted octanol–water partition coefficient (Wildman–Crippen LogP) is 2.43. The van der Waals surface area contributed by atoms with Gasteiger partial charge >= 0.3 is 0 Å². The number of hydrogen-bond acceptors (Lipinski definition) is 3. The lowest BCUT2D eigenvalue weighted by molar-refractivity contribution is -0.0794. The predicted molar refractivity (Wildman–Crippen MR) is 71.2 cm³/mol. The van der Waals surface area contributed by atoms with E-state index in [2.05, 4.69) is 18.7 Å². The van der Waals surface area contributed by atoms with Crippen LogP contribution in [0.15, 0.2) is 0 Å². The van der Waals surface area contributed by atoms with Crippen LogP contribution in [0.25, 0.3) is 0 Å². The first-order chi connectivity index (χ1) is 8.06. The van der Waals surface area contributed by atoms with Crippen molar-refractivity contribution in [1.29, 1.82) is 0 Å². The minimum Gasteiger partial charge on any atom is -0.389 e. The average Bonchev–Trinajstić information content (AvgIpc) is 2.78. The smallest absolute Gasteiger partial charge is 0.0956 e. The van der Waals surface area contributed by atoms with Crippen LogP contribution < -0.4 is 0 Å². The SMILES string of the molecule is CCN(CC)C1(C(O)COC(C)C)CCCC1. The van der Waals surface area contributed by atoms with Crippen molar-refractivity contribution in [3.63, 3.8) is 0 Å². The summed E-state index contributed by atoms with van der Waals surface area (Å²) in [5, 5.41) is 10.5. The van der Waals surface area contributed by atoms with Gasteiger partial charge in [0.1, 0.15) is 0 Å². The van der Waals surface area contributed by atoms with Gasteiger partial charge in [0.2, 0.25) is 0 Å². The number of nitrogens with zero attached hydrogens (tertiary/aromatic N) is 1. The molecule has 0 aromatic rings.